The number of esters is 1. The molecule has 3 saturated heterocycles. The summed E-state index contributed by atoms with van der Waals surface area (Å²) >= 11 is 0. The maximum Gasteiger partial charge on any atom is 0.324 e. The quantitative estimate of drug-likeness (QED) is 0.179. The number of nitrogens with zero attached hydrogens (tertiary/aromatic N) is 6. The molecule has 0 unspecified atom stereocenters. The summed E-state index contributed by atoms with van der Waals surface area (Å²) in [6, 6.07) is 7.54. The van der Waals surface area contributed by atoms with Crippen LogP contribution < -0.4 is 16.1 Å². The van der Waals surface area contributed by atoms with Crippen molar-refractivity contribution < 1.29 is 37.7 Å². The molecule has 4 fully saturated rings. The Morgan fingerprint density at radius 3 is 2.53 bits per heavy atom. The SMILES string of the molecule is CCO[C@H]1c2ncc(o2)-c2ccc3c(c2)c(c(-c2cc(N4CCN(C5CC5)CC4)cnc2[C@H](C)OC)n3CCOC2CCOCC2)CC(C)(C)COC(=O)[C@@H]2CCCN(N2)C(=O)[C@H]1N. The molecule has 4 aliphatic heterocycles. The van der Waals surface area contributed by atoms with Crippen LogP contribution in [0.2, 0.25) is 0 Å². The molecule has 346 valence electrons. The molecule has 16 nitrogen and oxygen atoms in total. The number of amides is 1. The summed E-state index contributed by atoms with van der Waals surface area (Å²) in [6.45, 7) is 15.4. The highest BCUT2D eigenvalue weighted by Crippen LogP contribution is 2.43. The van der Waals surface area contributed by atoms with Crippen molar-refractivity contribution in [3.63, 3.8) is 0 Å². The Labute approximate surface area is 376 Å². The Morgan fingerprint density at radius 1 is 0.984 bits per heavy atom. The smallest absolute Gasteiger partial charge is 0.324 e. The van der Waals surface area contributed by atoms with E-state index in [1.165, 1.54) is 17.9 Å². The number of hydrogen-bond acceptors (Lipinski definition) is 14. The number of piperazine rings is 1. The lowest BCUT2D eigenvalue weighted by Gasteiger charge is -2.36. The number of hydrogen-bond donors (Lipinski definition) is 2. The highest BCUT2D eigenvalue weighted by atomic mass is 16.5. The lowest BCUT2D eigenvalue weighted by Crippen LogP contribution is -2.60. The first-order chi connectivity index (χ1) is 31.0. The molecule has 0 radical (unpaired) electrons. The van der Waals surface area contributed by atoms with E-state index in [0.29, 0.717) is 57.9 Å². The van der Waals surface area contributed by atoms with E-state index in [4.69, 9.17) is 38.8 Å². The number of carbonyl (C=O) groups is 2. The van der Waals surface area contributed by atoms with Gasteiger partial charge >= 0.3 is 5.97 Å². The minimum Gasteiger partial charge on any atom is -0.464 e. The second-order valence-electron chi connectivity index (χ2n) is 18.9. The Kier molecular flexibility index (Phi) is 13.4. The van der Waals surface area contributed by atoms with Crippen molar-refractivity contribution in [1.82, 2.24) is 29.9 Å². The average molecular weight is 883 g/mol. The number of nitrogens with one attached hydrogen (secondary N) is 1. The Balaban J connectivity index is 1.20. The van der Waals surface area contributed by atoms with E-state index in [1.807, 2.05) is 26.1 Å². The monoisotopic (exact) mass is 883 g/mol. The Morgan fingerprint density at radius 2 is 1.78 bits per heavy atom. The van der Waals surface area contributed by atoms with Crippen molar-refractivity contribution in [2.75, 3.05) is 77.8 Å². The standard InChI is InChI=1S/C48H66N8O8/c1-6-61-44-41(49)46(57)56-15-7-8-38(52-56)47(58)63-29-48(3,4)26-37-35-24-31(40-28-51-45(44)64-40)9-12-39(35)55(20-23-62-34-13-21-60-22-14-34)43(37)36-25-33(27-50-42(36)30(2)59-5)54-18-16-53(17-19-54)32-10-11-32/h9,12,24-25,27-28,30,32,34,38,41,44,52H,6-8,10-11,13-23,26,29,49H2,1-5H3/t30-,38-,41-,44+/m0/s1. The van der Waals surface area contributed by atoms with Gasteiger partial charge in [0.1, 0.15) is 12.1 Å². The number of hydrazine groups is 1. The minimum atomic E-state index is -1.14. The third kappa shape index (κ3) is 9.46. The summed E-state index contributed by atoms with van der Waals surface area (Å²) in [6.07, 6.45) is 8.57. The van der Waals surface area contributed by atoms with Crippen LogP contribution in [0.5, 0.6) is 0 Å². The number of oxazole rings is 1. The van der Waals surface area contributed by atoms with Gasteiger partial charge in [-0.05, 0) is 88.6 Å². The van der Waals surface area contributed by atoms with Crippen molar-refractivity contribution in [2.45, 2.75) is 116 Å². The number of cyclic esters (lactones) is 1. The third-order valence-electron chi connectivity index (χ3n) is 13.7. The normalized spacial score (nSPS) is 24.5. The summed E-state index contributed by atoms with van der Waals surface area (Å²) < 4.78 is 39.4. The Hall–Kier alpha value is -4.42. The van der Waals surface area contributed by atoms with Crippen LogP contribution in [0.4, 0.5) is 5.69 Å². The van der Waals surface area contributed by atoms with Crippen molar-refractivity contribution in [3.8, 4) is 22.6 Å². The lowest BCUT2D eigenvalue weighted by molar-refractivity contribution is -0.155. The summed E-state index contributed by atoms with van der Waals surface area (Å²) in [4.78, 5) is 42.7. The summed E-state index contributed by atoms with van der Waals surface area (Å²) in [7, 11) is 1.73. The molecule has 5 aliphatic rings. The maximum absolute atomic E-state index is 13.9. The molecule has 1 amide bonds. The summed E-state index contributed by atoms with van der Waals surface area (Å²) in [5.41, 5.74) is 16.1. The predicted molar refractivity (Wildman–Crippen MR) is 241 cm³/mol. The number of carbonyl (C=O) groups excluding carboxylic acids is 2. The largest absolute Gasteiger partial charge is 0.464 e. The second-order valence-corrected chi connectivity index (χ2v) is 18.9. The van der Waals surface area contributed by atoms with Crippen LogP contribution in [-0.2, 0) is 46.2 Å². The summed E-state index contributed by atoms with van der Waals surface area (Å²) in [5.74, 6) is -0.100. The van der Waals surface area contributed by atoms with Crippen molar-refractivity contribution in [3.05, 3.63) is 53.8 Å². The number of pyridine rings is 1. The fourth-order valence-corrected chi connectivity index (χ4v) is 9.88. The van der Waals surface area contributed by atoms with Gasteiger partial charge in [-0.2, -0.15) is 0 Å². The number of methoxy groups -OCH3 is 1. The van der Waals surface area contributed by atoms with Crippen LogP contribution >= 0.6 is 0 Å². The van der Waals surface area contributed by atoms with Gasteiger partial charge in [0.2, 0.25) is 5.89 Å². The van der Waals surface area contributed by atoms with E-state index in [0.717, 1.165) is 89.7 Å². The number of fused-ring (bicyclic) bond motifs is 6. The molecule has 9 rings (SSSR count). The second kappa shape index (κ2) is 19.2. The zero-order valence-electron chi connectivity index (χ0n) is 38.2. The van der Waals surface area contributed by atoms with E-state index >= 15 is 0 Å². The molecule has 7 heterocycles. The van der Waals surface area contributed by atoms with Gasteiger partial charge in [-0.25, -0.2) is 10.4 Å². The fourth-order valence-electron chi connectivity index (χ4n) is 9.88. The van der Waals surface area contributed by atoms with Gasteiger partial charge in [-0.3, -0.25) is 24.5 Å². The molecule has 4 aromatic rings. The van der Waals surface area contributed by atoms with Gasteiger partial charge in [-0.1, -0.05) is 13.8 Å². The van der Waals surface area contributed by atoms with E-state index in [1.54, 1.807) is 13.3 Å². The zero-order chi connectivity index (χ0) is 44.5. The molecule has 3 aromatic heterocycles. The summed E-state index contributed by atoms with van der Waals surface area (Å²) in [5, 5.41) is 2.44. The first-order valence-electron chi connectivity index (χ1n) is 23.5. The van der Waals surface area contributed by atoms with Crippen molar-refractivity contribution in [1.29, 1.82) is 0 Å². The number of ether oxygens (including phenoxy) is 5. The first kappa shape index (κ1) is 44.8. The number of nitrogens with two attached hydrogens (primary N) is 1. The number of benzene rings is 1. The molecular formula is C48H66N8O8. The van der Waals surface area contributed by atoms with Gasteiger partial charge in [0.05, 0.1) is 54.9 Å². The van der Waals surface area contributed by atoms with Crippen LogP contribution in [0.15, 0.2) is 41.1 Å². The maximum atomic E-state index is 13.9. The zero-order valence-corrected chi connectivity index (χ0v) is 38.2. The molecule has 4 atom stereocenters. The molecule has 16 heteroatoms. The van der Waals surface area contributed by atoms with Crippen molar-refractivity contribution >= 4 is 28.5 Å². The lowest BCUT2D eigenvalue weighted by atomic mass is 9.84. The minimum absolute atomic E-state index is 0.133. The average Bonchev–Trinajstić information content (AvgIpc) is 3.99. The number of anilines is 1. The van der Waals surface area contributed by atoms with E-state index in [2.05, 4.69) is 56.8 Å². The topological polar surface area (TPSA) is 172 Å². The molecule has 6 bridgehead atoms. The highest BCUT2D eigenvalue weighted by Gasteiger charge is 2.39. The van der Waals surface area contributed by atoms with Crippen LogP contribution in [0.1, 0.15) is 95.6 Å². The van der Waals surface area contributed by atoms with Gasteiger partial charge in [0, 0.05) is 99.7 Å². The number of aromatic nitrogens is 3. The van der Waals surface area contributed by atoms with Crippen LogP contribution in [0, 0.1) is 5.41 Å². The molecule has 1 aliphatic carbocycles. The molecule has 64 heavy (non-hydrogen) atoms. The molecular weight excluding hydrogens is 817 g/mol. The molecule has 0 spiro atoms. The highest BCUT2D eigenvalue weighted by molar-refractivity contribution is 5.95. The van der Waals surface area contributed by atoms with Gasteiger partial charge in [0.25, 0.3) is 5.91 Å². The van der Waals surface area contributed by atoms with Gasteiger partial charge in [-0.15, -0.1) is 0 Å². The van der Waals surface area contributed by atoms with Crippen molar-refractivity contribution in [2.24, 2.45) is 11.1 Å². The molecule has 1 aromatic carbocycles. The van der Waals surface area contributed by atoms with E-state index < -0.39 is 35.5 Å². The van der Waals surface area contributed by atoms with Gasteiger partial charge in [0.15, 0.2) is 11.9 Å². The predicted octanol–water partition coefficient (Wildman–Crippen LogP) is 5.57. The van der Waals surface area contributed by atoms with E-state index in [9.17, 15) is 9.59 Å². The molecule has 1 saturated carbocycles. The number of rotatable bonds is 11. The third-order valence-corrected chi connectivity index (χ3v) is 13.7. The van der Waals surface area contributed by atoms with Gasteiger partial charge < -0.3 is 43.3 Å². The first-order valence-corrected chi connectivity index (χ1v) is 23.5. The van der Waals surface area contributed by atoms with Crippen LogP contribution in [-0.4, -0.2) is 133 Å². The fraction of sp³-hybridized carbons (Fsp3) is 0.625. The van der Waals surface area contributed by atoms with E-state index in [-0.39, 0.29) is 31.3 Å². The van der Waals surface area contributed by atoms with Crippen LogP contribution in [0.3, 0.4) is 0 Å². The molecule has 3 N–H and O–H groups in total. The van der Waals surface area contributed by atoms with Crippen LogP contribution in [0.25, 0.3) is 33.5 Å². The Bertz CT molecular complexity index is 2280.